The molecule has 2 N–H and O–H groups in total. The van der Waals surface area contributed by atoms with Gasteiger partial charge < -0.3 is 10.4 Å². The molecule has 3 rings (SSSR count). The van der Waals surface area contributed by atoms with Gasteiger partial charge in [0.05, 0.1) is 12.0 Å². The molecule has 1 amide bonds. The highest BCUT2D eigenvalue weighted by atomic mass is 16.3. The molecule has 1 atom stereocenters. The zero-order chi connectivity index (χ0) is 16.3. The second kappa shape index (κ2) is 6.55. The molecule has 0 saturated carbocycles. The Bertz CT molecular complexity index is 692. The fourth-order valence-electron chi connectivity index (χ4n) is 3.21. The first-order valence-electron chi connectivity index (χ1n) is 8.20. The molecule has 0 spiro atoms. The Balaban J connectivity index is 1.57. The third kappa shape index (κ3) is 3.80. The standard InChI is InChI=1S/C20H23NO2/c1-20(23,18-8-3-2-4-9-18)13-19(22)21-14-15-10-11-16-6-5-7-17(16)12-15/h2-4,8-12,23H,5-7,13-14H2,1H3,(H,21,22). The highest BCUT2D eigenvalue weighted by Gasteiger charge is 2.26. The molecular formula is C20H23NO2. The van der Waals surface area contributed by atoms with Gasteiger partial charge >= 0.3 is 0 Å². The van der Waals surface area contributed by atoms with Crippen molar-refractivity contribution < 1.29 is 9.90 Å². The molecule has 0 radical (unpaired) electrons. The zero-order valence-electron chi connectivity index (χ0n) is 13.5. The summed E-state index contributed by atoms with van der Waals surface area (Å²) in [5, 5.41) is 13.4. The van der Waals surface area contributed by atoms with E-state index < -0.39 is 5.60 Å². The van der Waals surface area contributed by atoms with Crippen molar-refractivity contribution in [1.82, 2.24) is 5.32 Å². The average Bonchev–Trinajstić information content (AvgIpc) is 3.01. The van der Waals surface area contributed by atoms with Crippen molar-refractivity contribution in [2.24, 2.45) is 0 Å². The summed E-state index contributed by atoms with van der Waals surface area (Å²) in [4.78, 5) is 12.2. The Labute approximate surface area is 137 Å². The van der Waals surface area contributed by atoms with Crippen LogP contribution < -0.4 is 5.32 Å². The van der Waals surface area contributed by atoms with Crippen molar-refractivity contribution in [3.05, 3.63) is 70.8 Å². The van der Waals surface area contributed by atoms with Crippen molar-refractivity contribution in [2.45, 2.75) is 44.8 Å². The Morgan fingerprint density at radius 2 is 1.87 bits per heavy atom. The van der Waals surface area contributed by atoms with E-state index in [0.29, 0.717) is 6.54 Å². The van der Waals surface area contributed by atoms with Crippen LogP contribution in [-0.4, -0.2) is 11.0 Å². The van der Waals surface area contributed by atoms with Crippen molar-refractivity contribution in [3.63, 3.8) is 0 Å². The predicted molar refractivity (Wildman–Crippen MR) is 90.9 cm³/mol. The van der Waals surface area contributed by atoms with Gasteiger partial charge in [-0.1, -0.05) is 48.5 Å². The molecule has 0 fully saturated rings. The van der Waals surface area contributed by atoms with E-state index >= 15 is 0 Å². The van der Waals surface area contributed by atoms with Gasteiger partial charge in [0.2, 0.25) is 5.91 Å². The van der Waals surface area contributed by atoms with Gasteiger partial charge in [-0.25, -0.2) is 0 Å². The van der Waals surface area contributed by atoms with Crippen LogP contribution in [0, 0.1) is 0 Å². The Morgan fingerprint density at radius 1 is 1.13 bits per heavy atom. The van der Waals surface area contributed by atoms with Gasteiger partial charge in [-0.15, -0.1) is 0 Å². The van der Waals surface area contributed by atoms with E-state index in [0.717, 1.165) is 17.5 Å². The molecule has 1 unspecified atom stereocenters. The third-order valence-electron chi connectivity index (χ3n) is 4.55. The van der Waals surface area contributed by atoms with Crippen LogP contribution in [0.1, 0.15) is 42.0 Å². The Kier molecular flexibility index (Phi) is 4.49. The fourth-order valence-corrected chi connectivity index (χ4v) is 3.21. The molecule has 2 aromatic carbocycles. The maximum absolute atomic E-state index is 12.2. The van der Waals surface area contributed by atoms with Gasteiger partial charge in [-0.2, -0.15) is 0 Å². The molecule has 0 saturated heterocycles. The number of nitrogens with one attached hydrogen (secondary N) is 1. The Morgan fingerprint density at radius 3 is 2.65 bits per heavy atom. The summed E-state index contributed by atoms with van der Waals surface area (Å²) in [6.07, 6.45) is 3.59. The van der Waals surface area contributed by atoms with E-state index in [4.69, 9.17) is 0 Å². The number of hydrogen-bond acceptors (Lipinski definition) is 2. The molecule has 2 aromatic rings. The normalized spacial score (nSPS) is 15.7. The number of aliphatic hydroxyl groups is 1. The number of aryl methyl sites for hydroxylation is 2. The lowest BCUT2D eigenvalue weighted by molar-refractivity contribution is -0.126. The summed E-state index contributed by atoms with van der Waals surface area (Å²) >= 11 is 0. The van der Waals surface area contributed by atoms with Crippen LogP contribution in [0.15, 0.2) is 48.5 Å². The average molecular weight is 309 g/mol. The van der Waals surface area contributed by atoms with Crippen LogP contribution in [0.2, 0.25) is 0 Å². The lowest BCUT2D eigenvalue weighted by atomic mass is 9.92. The number of amides is 1. The van der Waals surface area contributed by atoms with Crippen LogP contribution >= 0.6 is 0 Å². The van der Waals surface area contributed by atoms with Crippen molar-refractivity contribution >= 4 is 5.91 Å². The summed E-state index contributed by atoms with van der Waals surface area (Å²) in [6.45, 7) is 2.19. The van der Waals surface area contributed by atoms with Gasteiger partial charge in [0.1, 0.15) is 0 Å². The predicted octanol–water partition coefficient (Wildman–Crippen LogP) is 3.09. The maximum atomic E-state index is 12.2. The molecule has 3 nitrogen and oxygen atoms in total. The van der Waals surface area contributed by atoms with Crippen LogP contribution in [0.3, 0.4) is 0 Å². The molecule has 0 aromatic heterocycles. The second-order valence-electron chi connectivity index (χ2n) is 6.55. The molecule has 0 heterocycles. The van der Waals surface area contributed by atoms with Gasteiger partial charge in [-0.3, -0.25) is 4.79 Å². The van der Waals surface area contributed by atoms with E-state index in [9.17, 15) is 9.90 Å². The van der Waals surface area contributed by atoms with E-state index in [1.165, 1.54) is 24.0 Å². The zero-order valence-corrected chi connectivity index (χ0v) is 13.5. The Hall–Kier alpha value is -2.13. The highest BCUT2D eigenvalue weighted by Crippen LogP contribution is 2.25. The van der Waals surface area contributed by atoms with Crippen LogP contribution in [0.4, 0.5) is 0 Å². The summed E-state index contributed by atoms with van der Waals surface area (Å²) in [5.74, 6) is -0.139. The largest absolute Gasteiger partial charge is 0.385 e. The smallest absolute Gasteiger partial charge is 0.223 e. The monoisotopic (exact) mass is 309 g/mol. The number of carbonyl (C=O) groups is 1. The molecule has 1 aliphatic carbocycles. The summed E-state index contributed by atoms with van der Waals surface area (Å²) in [5.41, 5.74) is 3.58. The minimum atomic E-state index is -1.15. The summed E-state index contributed by atoms with van der Waals surface area (Å²) in [7, 11) is 0. The van der Waals surface area contributed by atoms with E-state index in [2.05, 4.69) is 23.5 Å². The van der Waals surface area contributed by atoms with Gasteiger partial charge in [0, 0.05) is 6.54 Å². The minimum Gasteiger partial charge on any atom is -0.385 e. The number of rotatable bonds is 5. The first-order valence-corrected chi connectivity index (χ1v) is 8.20. The fraction of sp³-hybridized carbons (Fsp3) is 0.350. The molecule has 3 heteroatoms. The minimum absolute atomic E-state index is 0.0575. The lowest BCUT2D eigenvalue weighted by Crippen LogP contribution is -2.32. The number of carbonyl (C=O) groups excluding carboxylic acids is 1. The highest BCUT2D eigenvalue weighted by molar-refractivity contribution is 5.77. The molecule has 0 bridgehead atoms. The third-order valence-corrected chi connectivity index (χ3v) is 4.55. The van der Waals surface area contributed by atoms with Gasteiger partial charge in [0.15, 0.2) is 0 Å². The lowest BCUT2D eigenvalue weighted by Gasteiger charge is -2.23. The first-order chi connectivity index (χ1) is 11.0. The summed E-state index contributed by atoms with van der Waals surface area (Å²) in [6, 6.07) is 15.8. The SMILES string of the molecule is CC(O)(CC(=O)NCc1ccc2c(c1)CCC2)c1ccccc1. The van der Waals surface area contributed by atoms with Crippen LogP contribution in [0.25, 0.3) is 0 Å². The van der Waals surface area contributed by atoms with Gasteiger partial charge in [-0.05, 0) is 48.4 Å². The van der Waals surface area contributed by atoms with Crippen molar-refractivity contribution in [2.75, 3.05) is 0 Å². The molecule has 0 aliphatic heterocycles. The molecule has 23 heavy (non-hydrogen) atoms. The maximum Gasteiger partial charge on any atom is 0.223 e. The van der Waals surface area contributed by atoms with Crippen molar-refractivity contribution in [3.8, 4) is 0 Å². The number of benzene rings is 2. The van der Waals surface area contributed by atoms with Crippen molar-refractivity contribution in [1.29, 1.82) is 0 Å². The summed E-state index contributed by atoms with van der Waals surface area (Å²) < 4.78 is 0. The second-order valence-corrected chi connectivity index (χ2v) is 6.55. The molecule has 1 aliphatic rings. The molecule has 120 valence electrons. The van der Waals surface area contributed by atoms with E-state index in [1.807, 2.05) is 30.3 Å². The van der Waals surface area contributed by atoms with Crippen LogP contribution in [0.5, 0.6) is 0 Å². The van der Waals surface area contributed by atoms with E-state index in [1.54, 1.807) is 6.92 Å². The topological polar surface area (TPSA) is 49.3 Å². The molecular weight excluding hydrogens is 286 g/mol. The number of fused-ring (bicyclic) bond motifs is 1. The first kappa shape index (κ1) is 15.8. The van der Waals surface area contributed by atoms with Crippen LogP contribution in [-0.2, 0) is 29.8 Å². The number of hydrogen-bond donors (Lipinski definition) is 2. The quantitative estimate of drug-likeness (QED) is 0.891. The van der Waals surface area contributed by atoms with Gasteiger partial charge in [0.25, 0.3) is 0 Å². The van der Waals surface area contributed by atoms with E-state index in [-0.39, 0.29) is 12.3 Å².